The van der Waals surface area contributed by atoms with Crippen molar-refractivity contribution in [2.24, 2.45) is 0 Å². The fourth-order valence-corrected chi connectivity index (χ4v) is 2.59. The van der Waals surface area contributed by atoms with Crippen LogP contribution in [0, 0.1) is 0 Å². The maximum atomic E-state index is 12.0. The molecule has 2 saturated heterocycles. The quantitative estimate of drug-likeness (QED) is 0.805. The lowest BCUT2D eigenvalue weighted by Crippen LogP contribution is -2.35. The molecule has 2 fully saturated rings. The minimum Gasteiger partial charge on any atom is -0.453 e. The van der Waals surface area contributed by atoms with E-state index in [1.807, 2.05) is 6.07 Å². The Bertz CT molecular complexity index is 476. The highest BCUT2D eigenvalue weighted by Gasteiger charge is 2.54. The number of aliphatic hydroxyl groups excluding tert-OH is 1. The van der Waals surface area contributed by atoms with Crippen LogP contribution in [0.2, 0.25) is 0 Å². The average Bonchev–Trinajstić information content (AvgIpc) is 2.98. The number of ether oxygens (including phenoxy) is 4. The lowest BCUT2D eigenvalue weighted by Gasteiger charge is -2.17. The Morgan fingerprint density at radius 2 is 2.05 bits per heavy atom. The van der Waals surface area contributed by atoms with Crippen LogP contribution in [-0.2, 0) is 18.9 Å². The SMILES string of the molecule is CO[C@@H]1[C@H]2OC[C@@H](OC(=O)c3ccccc3)[C@H]2O[C@@H]1O. The first kappa shape index (κ1) is 13.5. The van der Waals surface area contributed by atoms with Crippen LogP contribution in [0.3, 0.4) is 0 Å². The zero-order chi connectivity index (χ0) is 14.1. The van der Waals surface area contributed by atoms with Crippen LogP contribution in [0.4, 0.5) is 0 Å². The van der Waals surface area contributed by atoms with Gasteiger partial charge >= 0.3 is 5.97 Å². The van der Waals surface area contributed by atoms with Crippen LogP contribution in [0.1, 0.15) is 10.4 Å². The van der Waals surface area contributed by atoms with Gasteiger partial charge in [0.2, 0.25) is 0 Å². The number of carbonyl (C=O) groups is 1. The molecule has 0 bridgehead atoms. The van der Waals surface area contributed by atoms with Gasteiger partial charge in [-0.15, -0.1) is 0 Å². The molecule has 1 aromatic carbocycles. The van der Waals surface area contributed by atoms with E-state index in [9.17, 15) is 9.90 Å². The predicted octanol–water partition coefficient (Wildman–Crippen LogP) is 0.343. The van der Waals surface area contributed by atoms with Crippen LogP contribution in [0.25, 0.3) is 0 Å². The van der Waals surface area contributed by atoms with Crippen molar-refractivity contribution in [2.75, 3.05) is 13.7 Å². The van der Waals surface area contributed by atoms with E-state index in [4.69, 9.17) is 18.9 Å². The molecular formula is C14H16O6. The van der Waals surface area contributed by atoms with Crippen molar-refractivity contribution in [1.82, 2.24) is 0 Å². The van der Waals surface area contributed by atoms with Crippen LogP contribution in [-0.4, -0.2) is 55.5 Å². The number of methoxy groups -OCH3 is 1. The maximum absolute atomic E-state index is 12.0. The van der Waals surface area contributed by atoms with Gasteiger partial charge in [-0.05, 0) is 12.1 Å². The van der Waals surface area contributed by atoms with Gasteiger partial charge in [-0.25, -0.2) is 4.79 Å². The second-order valence-electron chi connectivity index (χ2n) is 4.80. The molecule has 0 spiro atoms. The molecule has 2 aliphatic rings. The molecule has 20 heavy (non-hydrogen) atoms. The highest BCUT2D eigenvalue weighted by molar-refractivity contribution is 5.89. The van der Waals surface area contributed by atoms with Crippen LogP contribution < -0.4 is 0 Å². The molecule has 1 aromatic rings. The first-order valence-corrected chi connectivity index (χ1v) is 6.44. The third-order valence-electron chi connectivity index (χ3n) is 3.58. The van der Waals surface area contributed by atoms with Crippen molar-refractivity contribution < 1.29 is 28.8 Å². The van der Waals surface area contributed by atoms with Gasteiger partial charge in [-0.3, -0.25) is 0 Å². The third-order valence-corrected chi connectivity index (χ3v) is 3.58. The first-order valence-electron chi connectivity index (χ1n) is 6.44. The minimum absolute atomic E-state index is 0.237. The maximum Gasteiger partial charge on any atom is 0.338 e. The van der Waals surface area contributed by atoms with E-state index in [2.05, 4.69) is 0 Å². The number of fused-ring (bicyclic) bond motifs is 1. The first-order chi connectivity index (χ1) is 9.70. The predicted molar refractivity (Wildman–Crippen MR) is 67.1 cm³/mol. The molecule has 0 aromatic heterocycles. The molecule has 2 heterocycles. The summed E-state index contributed by atoms with van der Waals surface area (Å²) in [6, 6.07) is 8.71. The van der Waals surface area contributed by atoms with Crippen molar-refractivity contribution in [3.8, 4) is 0 Å². The topological polar surface area (TPSA) is 74.2 Å². The summed E-state index contributed by atoms with van der Waals surface area (Å²) in [5.74, 6) is -0.432. The summed E-state index contributed by atoms with van der Waals surface area (Å²) in [7, 11) is 1.48. The Hall–Kier alpha value is -1.47. The summed E-state index contributed by atoms with van der Waals surface area (Å²) < 4.78 is 21.4. The standard InChI is InChI=1S/C14H16O6/c1-17-12-11-10(20-14(12)16)9(7-18-11)19-13(15)8-5-3-2-4-6-8/h2-6,9-12,14,16H,7H2,1H3/t9-,10-,11+,12-,14+/m1/s1. The Morgan fingerprint density at radius 3 is 2.75 bits per heavy atom. The van der Waals surface area contributed by atoms with E-state index >= 15 is 0 Å². The van der Waals surface area contributed by atoms with Crippen molar-refractivity contribution in [1.29, 1.82) is 0 Å². The molecule has 0 saturated carbocycles. The lowest BCUT2D eigenvalue weighted by atomic mass is 10.1. The molecule has 3 rings (SSSR count). The smallest absolute Gasteiger partial charge is 0.338 e. The molecule has 5 atom stereocenters. The minimum atomic E-state index is -1.06. The largest absolute Gasteiger partial charge is 0.453 e. The van der Waals surface area contributed by atoms with Crippen LogP contribution >= 0.6 is 0 Å². The average molecular weight is 280 g/mol. The zero-order valence-electron chi connectivity index (χ0n) is 11.0. The van der Waals surface area contributed by atoms with Crippen molar-refractivity contribution in [3.05, 3.63) is 35.9 Å². The number of esters is 1. The summed E-state index contributed by atoms with van der Waals surface area (Å²) >= 11 is 0. The van der Waals surface area contributed by atoms with Crippen molar-refractivity contribution in [3.63, 3.8) is 0 Å². The summed E-state index contributed by atoms with van der Waals surface area (Å²) in [6.07, 6.45) is -3.07. The normalized spacial score (nSPS) is 35.8. The second kappa shape index (κ2) is 5.49. The third kappa shape index (κ3) is 2.31. The van der Waals surface area contributed by atoms with E-state index in [1.54, 1.807) is 24.3 Å². The van der Waals surface area contributed by atoms with Gasteiger partial charge in [0.25, 0.3) is 0 Å². The summed E-state index contributed by atoms with van der Waals surface area (Å²) in [4.78, 5) is 12.0. The number of hydrogen-bond donors (Lipinski definition) is 1. The fraction of sp³-hybridized carbons (Fsp3) is 0.500. The Morgan fingerprint density at radius 1 is 1.30 bits per heavy atom. The fourth-order valence-electron chi connectivity index (χ4n) is 2.59. The summed E-state index contributed by atoms with van der Waals surface area (Å²) in [5.41, 5.74) is 0.470. The van der Waals surface area contributed by atoms with Crippen molar-refractivity contribution >= 4 is 5.97 Å². The van der Waals surface area contributed by atoms with Gasteiger partial charge in [0.1, 0.15) is 18.3 Å². The second-order valence-corrected chi connectivity index (χ2v) is 4.80. The molecule has 2 aliphatic heterocycles. The molecule has 0 unspecified atom stereocenters. The van der Waals surface area contributed by atoms with E-state index in [0.717, 1.165) is 0 Å². The summed E-state index contributed by atoms with van der Waals surface area (Å²) in [6.45, 7) is 0.237. The van der Waals surface area contributed by atoms with Gasteiger partial charge in [-0.1, -0.05) is 18.2 Å². The van der Waals surface area contributed by atoms with Crippen LogP contribution in [0.15, 0.2) is 30.3 Å². The number of carbonyl (C=O) groups excluding carboxylic acids is 1. The molecule has 6 heteroatoms. The van der Waals surface area contributed by atoms with Gasteiger partial charge in [0.05, 0.1) is 12.2 Å². The molecule has 1 N–H and O–H groups in total. The van der Waals surface area contributed by atoms with E-state index < -0.39 is 36.7 Å². The molecule has 6 nitrogen and oxygen atoms in total. The number of hydrogen-bond acceptors (Lipinski definition) is 6. The Labute approximate surface area is 116 Å². The monoisotopic (exact) mass is 280 g/mol. The Kier molecular flexibility index (Phi) is 3.71. The van der Waals surface area contributed by atoms with Gasteiger partial charge in [0, 0.05) is 7.11 Å². The van der Waals surface area contributed by atoms with Gasteiger partial charge < -0.3 is 24.1 Å². The Balaban J connectivity index is 1.67. The van der Waals surface area contributed by atoms with Crippen LogP contribution in [0.5, 0.6) is 0 Å². The molecule has 0 radical (unpaired) electrons. The molecule has 0 aliphatic carbocycles. The zero-order valence-corrected chi connectivity index (χ0v) is 11.0. The van der Waals surface area contributed by atoms with Gasteiger partial charge in [0.15, 0.2) is 12.4 Å². The molecule has 108 valence electrons. The highest BCUT2D eigenvalue weighted by atomic mass is 16.7. The summed E-state index contributed by atoms with van der Waals surface area (Å²) in [5, 5.41) is 9.70. The molecule has 0 amide bonds. The van der Waals surface area contributed by atoms with E-state index in [0.29, 0.717) is 5.56 Å². The highest BCUT2D eigenvalue weighted by Crippen LogP contribution is 2.33. The van der Waals surface area contributed by atoms with Gasteiger partial charge in [-0.2, -0.15) is 0 Å². The number of rotatable bonds is 3. The molecular weight excluding hydrogens is 264 g/mol. The number of aliphatic hydroxyl groups is 1. The number of benzene rings is 1. The van der Waals surface area contributed by atoms with E-state index in [1.165, 1.54) is 7.11 Å². The van der Waals surface area contributed by atoms with Crippen molar-refractivity contribution in [2.45, 2.75) is 30.7 Å². The van der Waals surface area contributed by atoms with E-state index in [-0.39, 0.29) is 6.61 Å². The lowest BCUT2D eigenvalue weighted by molar-refractivity contribution is -0.157.